The van der Waals surface area contributed by atoms with Crippen LogP contribution in [0.2, 0.25) is 0 Å². The smallest absolute Gasteiger partial charge is 0.463 e. The molecule has 0 fully saturated rings. The van der Waals surface area contributed by atoms with E-state index >= 15 is 0 Å². The maximum Gasteiger partial charge on any atom is 0.472 e. The van der Waals surface area contributed by atoms with Gasteiger partial charge in [0.05, 0.1) is 26.4 Å². The molecular formula is C115H196O16P2. The Morgan fingerprint density at radius 3 is 0.632 bits per heavy atom. The van der Waals surface area contributed by atoms with Crippen molar-refractivity contribution in [2.24, 2.45) is 0 Å². The second kappa shape index (κ2) is 105. The van der Waals surface area contributed by atoms with Crippen LogP contribution in [0.3, 0.4) is 0 Å². The topological polar surface area (TPSA) is 231 Å². The van der Waals surface area contributed by atoms with Gasteiger partial charge in [0.2, 0.25) is 0 Å². The van der Waals surface area contributed by atoms with E-state index in [1.807, 2.05) is 0 Å². The Balaban J connectivity index is 4.61. The number of rotatable bonds is 101. The highest BCUT2D eigenvalue weighted by atomic mass is 31.2. The summed E-state index contributed by atoms with van der Waals surface area (Å²) in [6.07, 6.45) is 142. The minimum atomic E-state index is -4.95. The largest absolute Gasteiger partial charge is 0.472 e. The Morgan fingerprint density at radius 2 is 0.398 bits per heavy atom. The van der Waals surface area contributed by atoms with E-state index in [1.54, 1.807) is 0 Å². The first-order valence-electron chi connectivity index (χ1n) is 53.7. The summed E-state index contributed by atoms with van der Waals surface area (Å²) in [6, 6.07) is 0. The molecule has 5 unspecified atom stereocenters. The van der Waals surface area contributed by atoms with Crippen molar-refractivity contribution >= 4 is 33.6 Å². The lowest BCUT2D eigenvalue weighted by Crippen LogP contribution is -2.30. The van der Waals surface area contributed by atoms with Gasteiger partial charge in [-0.1, -0.05) is 466 Å². The lowest BCUT2D eigenvalue weighted by molar-refractivity contribution is -0.161. The molecular weight excluding hydrogens is 1700 g/mol. The van der Waals surface area contributed by atoms with Crippen molar-refractivity contribution in [3.8, 4) is 0 Å². The molecule has 0 aromatic rings. The van der Waals surface area contributed by atoms with Gasteiger partial charge in [-0.15, -0.1) is 0 Å². The Labute approximate surface area is 814 Å². The number of phosphoric acid groups is 2. The highest BCUT2D eigenvalue weighted by Gasteiger charge is 2.30. The average molecular weight is 1900 g/mol. The summed E-state index contributed by atoms with van der Waals surface area (Å²) in [5.74, 6) is -1.56. The van der Waals surface area contributed by atoms with Gasteiger partial charge in [-0.2, -0.15) is 0 Å². The number of unbranched alkanes of at least 4 members (excludes halogenated alkanes) is 46. The quantitative estimate of drug-likeness (QED) is 0.0146. The van der Waals surface area contributed by atoms with E-state index < -0.39 is 91.5 Å². The molecule has 0 aliphatic heterocycles. The van der Waals surface area contributed by atoms with Gasteiger partial charge in [0.1, 0.15) is 25.4 Å². The second-order valence-electron chi connectivity index (χ2n) is 35.6. The number of esters is 3. The molecule has 762 valence electrons. The van der Waals surface area contributed by atoms with E-state index in [4.69, 9.17) is 32.3 Å². The van der Waals surface area contributed by atoms with Crippen molar-refractivity contribution in [3.05, 3.63) is 194 Å². The second-order valence-corrected chi connectivity index (χ2v) is 38.6. The van der Waals surface area contributed by atoms with Crippen LogP contribution in [0.1, 0.15) is 457 Å². The number of carbonyl (C=O) groups excluding carboxylic acids is 3. The van der Waals surface area contributed by atoms with Gasteiger partial charge >= 0.3 is 33.6 Å². The monoisotopic (exact) mass is 1900 g/mol. The molecule has 4 N–H and O–H groups in total. The minimum Gasteiger partial charge on any atom is -0.463 e. The molecule has 0 radical (unpaired) electrons. The molecule has 0 aromatic carbocycles. The molecule has 0 rings (SSSR count). The molecule has 0 amide bonds. The van der Waals surface area contributed by atoms with Gasteiger partial charge in [-0.25, -0.2) is 9.13 Å². The molecule has 16 nitrogen and oxygen atoms in total. The lowest BCUT2D eigenvalue weighted by atomic mass is 10.0. The summed E-state index contributed by atoms with van der Waals surface area (Å²) >= 11 is 0. The van der Waals surface area contributed by atoms with Crippen LogP contribution in [0.4, 0.5) is 0 Å². The molecule has 18 heteroatoms. The Morgan fingerprint density at radius 1 is 0.218 bits per heavy atom. The molecule has 0 heterocycles. The molecule has 0 spiro atoms. The fourth-order valence-electron chi connectivity index (χ4n) is 14.7. The predicted molar refractivity (Wildman–Crippen MR) is 564 cm³/mol. The fraction of sp³-hybridized carbons (Fsp3) is 0.696. The molecule has 0 aliphatic carbocycles. The summed E-state index contributed by atoms with van der Waals surface area (Å²) in [5.41, 5.74) is 0. The third-order valence-corrected chi connectivity index (χ3v) is 24.7. The van der Waals surface area contributed by atoms with Crippen LogP contribution in [0.25, 0.3) is 0 Å². The normalized spacial score (nSPS) is 14.4. The number of aliphatic hydroxyl groups excluding tert-OH is 2. The summed E-state index contributed by atoms with van der Waals surface area (Å²) in [4.78, 5) is 59.3. The standard InChI is InChI=1S/C115H196O16P2/c1-4-7-10-13-16-19-22-25-28-31-34-37-40-43-46-49-51-53-54-56-58-60-62-65-68-71-74-77-80-83-86-89-92-95-98-101-113(118)125-104-110(116)105-127-132(121,122)128-106-111(117)107-129-133(123,124)130-109-112(131-115(120)103-100-97-94-91-88-85-82-79-76-73-70-67-64-59-48-45-42-39-36-33-30-27-24-21-18-15-12-9-6-3)108-126-114(119)102-99-96-93-90-87-84-81-78-75-72-69-66-63-61-57-55-52-50-47-44-41-38-35-32-29-26-23-20-17-14-11-8-5-2/h7-8,10-11,16-21,25-30,34-39,43-48,51-53,55,110-112,116-117H,4-6,9,12-15,22-24,31-33,40-42,49-50,54,56-109H2,1-3H3,(H,121,122)(H,123,124)/b10-7-,11-8-,19-16-,20-17-,21-18-,28-25-,29-26-,30-27-,37-34-,38-35-,39-36-,46-43-,47-44-,48-45-,53-51-,55-52-. The molecule has 0 aliphatic rings. The number of aliphatic hydroxyl groups is 2. The SMILES string of the molecule is CC/C=C\C/C=C\C/C=C\C/C=C\C/C=C\C/C=C\CCCCCCCCCCCCCCCCCCC(=O)OCC(O)COP(=O)(O)OCC(O)COP(=O)(O)OCC(COC(=O)CCCCCCCCCCCCCCCC/C=C\C/C=C\C/C=C\C/C=C\C/C=C\C/C=C\CC)OC(=O)CCCCCCCCCCCCCCC/C=C\C/C=C\C/C=C\C/C=C\CCCCC. The van der Waals surface area contributed by atoms with Crippen LogP contribution < -0.4 is 0 Å². The zero-order valence-electron chi connectivity index (χ0n) is 84.6. The van der Waals surface area contributed by atoms with Crippen LogP contribution >= 0.6 is 15.6 Å². The zero-order valence-corrected chi connectivity index (χ0v) is 86.4. The summed E-state index contributed by atoms with van der Waals surface area (Å²) in [6.45, 7) is 2.50. The summed E-state index contributed by atoms with van der Waals surface area (Å²) < 4.78 is 61.8. The van der Waals surface area contributed by atoms with E-state index in [9.17, 15) is 43.5 Å². The minimum absolute atomic E-state index is 0.0997. The van der Waals surface area contributed by atoms with E-state index in [-0.39, 0.29) is 19.3 Å². The number of allylic oxidation sites excluding steroid dienone is 32. The Bertz CT molecular complexity index is 3200. The van der Waals surface area contributed by atoms with Gasteiger partial charge in [0.25, 0.3) is 0 Å². The van der Waals surface area contributed by atoms with Gasteiger partial charge in [0.15, 0.2) is 6.10 Å². The first-order valence-corrected chi connectivity index (χ1v) is 56.7. The summed E-state index contributed by atoms with van der Waals surface area (Å²) in [7, 11) is -9.82. The third-order valence-electron chi connectivity index (χ3n) is 22.8. The number of phosphoric ester groups is 2. The molecule has 0 aromatic heterocycles. The van der Waals surface area contributed by atoms with Gasteiger partial charge in [-0.3, -0.25) is 32.5 Å². The van der Waals surface area contributed by atoms with Gasteiger partial charge in [-0.05, 0) is 167 Å². The first kappa shape index (κ1) is 127. The highest BCUT2D eigenvalue weighted by Crippen LogP contribution is 2.45. The number of carbonyl (C=O) groups is 3. The van der Waals surface area contributed by atoms with Gasteiger partial charge in [0, 0.05) is 19.3 Å². The Hall–Kier alpha value is -5.61. The Kier molecular flexibility index (Phi) is 101. The van der Waals surface area contributed by atoms with Crippen LogP contribution in [-0.2, 0) is 55.8 Å². The molecule has 0 saturated heterocycles. The van der Waals surface area contributed by atoms with E-state index in [1.165, 1.54) is 218 Å². The number of hydrogen-bond acceptors (Lipinski definition) is 14. The van der Waals surface area contributed by atoms with Crippen molar-refractivity contribution < 1.29 is 75.8 Å². The molecule has 133 heavy (non-hydrogen) atoms. The average Bonchev–Trinajstić information content (AvgIpc) is 0.896. The summed E-state index contributed by atoms with van der Waals surface area (Å²) in [5, 5.41) is 20.8. The van der Waals surface area contributed by atoms with Crippen LogP contribution in [0.5, 0.6) is 0 Å². The maximum atomic E-state index is 13.2. The number of ether oxygens (including phenoxy) is 3. The van der Waals surface area contributed by atoms with Crippen molar-refractivity contribution in [2.45, 2.75) is 476 Å². The van der Waals surface area contributed by atoms with E-state index in [0.29, 0.717) is 19.3 Å². The molecule has 0 bridgehead atoms. The van der Waals surface area contributed by atoms with Crippen molar-refractivity contribution in [2.75, 3.05) is 39.6 Å². The van der Waals surface area contributed by atoms with Crippen molar-refractivity contribution in [1.82, 2.24) is 0 Å². The van der Waals surface area contributed by atoms with Crippen LogP contribution in [0, 0.1) is 0 Å². The number of hydrogen-bond donors (Lipinski definition) is 4. The first-order chi connectivity index (χ1) is 65.2. The fourth-order valence-corrected chi connectivity index (χ4v) is 16.3. The zero-order chi connectivity index (χ0) is 96.4. The lowest BCUT2D eigenvalue weighted by Gasteiger charge is -2.21. The maximum absolute atomic E-state index is 13.2. The van der Waals surface area contributed by atoms with Crippen molar-refractivity contribution in [3.63, 3.8) is 0 Å². The van der Waals surface area contributed by atoms with Crippen molar-refractivity contribution in [1.29, 1.82) is 0 Å². The van der Waals surface area contributed by atoms with E-state index in [0.717, 1.165) is 180 Å². The third kappa shape index (κ3) is 107. The van der Waals surface area contributed by atoms with Gasteiger partial charge < -0.3 is 34.2 Å². The molecule has 5 atom stereocenters. The highest BCUT2D eigenvalue weighted by molar-refractivity contribution is 7.47. The van der Waals surface area contributed by atoms with E-state index in [2.05, 4.69) is 215 Å². The predicted octanol–water partition coefficient (Wildman–Crippen LogP) is 34.5. The van der Waals surface area contributed by atoms with Crippen LogP contribution in [0.15, 0.2) is 194 Å². The molecule has 0 saturated carbocycles. The van der Waals surface area contributed by atoms with Crippen LogP contribution in [-0.4, -0.2) is 95.9 Å².